The van der Waals surface area contributed by atoms with E-state index in [2.05, 4.69) is 5.32 Å². The maximum absolute atomic E-state index is 11.8. The first-order valence-electron chi connectivity index (χ1n) is 5.41. The Morgan fingerprint density at radius 3 is 3.25 bits per heavy atom. The molecule has 1 aliphatic heterocycles. The molecule has 2 heterocycles. The summed E-state index contributed by atoms with van der Waals surface area (Å²) in [6, 6.07) is 1.79. The monoisotopic (exact) mass is 224 g/mol. The zero-order valence-electron chi connectivity index (χ0n) is 9.31. The Morgan fingerprint density at radius 2 is 2.56 bits per heavy atom. The van der Waals surface area contributed by atoms with Crippen LogP contribution in [0.25, 0.3) is 0 Å². The van der Waals surface area contributed by atoms with Gasteiger partial charge in [-0.3, -0.25) is 0 Å². The molecular formula is C11H16N2O3. The van der Waals surface area contributed by atoms with E-state index < -0.39 is 0 Å². The number of rotatable bonds is 2. The molecule has 5 nitrogen and oxygen atoms in total. The lowest BCUT2D eigenvalue weighted by molar-refractivity contribution is -0.00351. The number of carbonyl (C=O) groups is 1. The summed E-state index contributed by atoms with van der Waals surface area (Å²) >= 11 is 0. The van der Waals surface area contributed by atoms with Gasteiger partial charge < -0.3 is 19.4 Å². The fraction of sp³-hybridized carbons (Fsp3) is 0.545. The van der Waals surface area contributed by atoms with Crippen molar-refractivity contribution in [1.82, 2.24) is 10.2 Å². The van der Waals surface area contributed by atoms with Crippen LogP contribution in [0.1, 0.15) is 12.5 Å². The van der Waals surface area contributed by atoms with Gasteiger partial charge in [-0.25, -0.2) is 4.79 Å². The van der Waals surface area contributed by atoms with Gasteiger partial charge in [-0.1, -0.05) is 0 Å². The number of hydrogen-bond donors (Lipinski definition) is 1. The standard InChI is InChI=1S/C11H16N2O3/c1-9-7-13(3-5-16-9)11(14)12-6-10-2-4-15-8-10/h2,4,8-9H,3,5-7H2,1H3,(H,12,14)/t9-/m1/s1. The highest BCUT2D eigenvalue weighted by Crippen LogP contribution is 2.05. The van der Waals surface area contributed by atoms with Crippen LogP contribution in [0.2, 0.25) is 0 Å². The number of furan rings is 1. The quantitative estimate of drug-likeness (QED) is 0.821. The summed E-state index contributed by atoms with van der Waals surface area (Å²) in [7, 11) is 0. The van der Waals surface area contributed by atoms with E-state index in [1.54, 1.807) is 17.4 Å². The molecule has 1 aromatic heterocycles. The number of nitrogens with one attached hydrogen (secondary N) is 1. The lowest BCUT2D eigenvalue weighted by atomic mass is 10.3. The lowest BCUT2D eigenvalue weighted by Gasteiger charge is -2.31. The first-order valence-corrected chi connectivity index (χ1v) is 5.41. The minimum atomic E-state index is -0.0450. The number of carbonyl (C=O) groups excluding carboxylic acids is 1. The summed E-state index contributed by atoms with van der Waals surface area (Å²) in [5, 5.41) is 2.85. The zero-order valence-corrected chi connectivity index (χ0v) is 9.31. The molecule has 0 spiro atoms. The van der Waals surface area contributed by atoms with Gasteiger partial charge in [0.15, 0.2) is 0 Å². The fourth-order valence-corrected chi connectivity index (χ4v) is 1.69. The lowest BCUT2D eigenvalue weighted by Crippen LogP contribution is -2.48. The summed E-state index contributed by atoms with van der Waals surface area (Å²) in [6.45, 7) is 4.38. The van der Waals surface area contributed by atoms with E-state index in [1.165, 1.54) is 0 Å². The van der Waals surface area contributed by atoms with E-state index in [-0.39, 0.29) is 12.1 Å². The molecule has 2 rings (SSSR count). The van der Waals surface area contributed by atoms with Crippen LogP contribution in [-0.2, 0) is 11.3 Å². The van der Waals surface area contributed by atoms with Crippen LogP contribution in [0.15, 0.2) is 23.0 Å². The Morgan fingerprint density at radius 1 is 1.69 bits per heavy atom. The predicted octanol–water partition coefficient (Wildman–Crippen LogP) is 1.21. The second-order valence-electron chi connectivity index (χ2n) is 3.92. The van der Waals surface area contributed by atoms with Gasteiger partial charge in [0.2, 0.25) is 0 Å². The fourth-order valence-electron chi connectivity index (χ4n) is 1.69. The average Bonchev–Trinajstić information content (AvgIpc) is 2.78. The molecule has 1 saturated heterocycles. The molecule has 1 aromatic rings. The van der Waals surface area contributed by atoms with E-state index in [9.17, 15) is 4.79 Å². The van der Waals surface area contributed by atoms with E-state index in [4.69, 9.17) is 9.15 Å². The molecule has 0 bridgehead atoms. The smallest absolute Gasteiger partial charge is 0.317 e. The van der Waals surface area contributed by atoms with Crippen LogP contribution in [0.4, 0.5) is 4.79 Å². The van der Waals surface area contributed by atoms with Crippen molar-refractivity contribution in [3.05, 3.63) is 24.2 Å². The van der Waals surface area contributed by atoms with Gasteiger partial charge in [-0.05, 0) is 13.0 Å². The molecular weight excluding hydrogens is 208 g/mol. The van der Waals surface area contributed by atoms with Gasteiger partial charge >= 0.3 is 6.03 Å². The Kier molecular flexibility index (Phi) is 3.46. The second-order valence-corrected chi connectivity index (χ2v) is 3.92. The number of amides is 2. The van der Waals surface area contributed by atoms with Crippen molar-refractivity contribution in [2.24, 2.45) is 0 Å². The topological polar surface area (TPSA) is 54.7 Å². The van der Waals surface area contributed by atoms with Gasteiger partial charge in [0.05, 0.1) is 25.2 Å². The van der Waals surface area contributed by atoms with Gasteiger partial charge in [0.25, 0.3) is 0 Å². The molecule has 0 unspecified atom stereocenters. The van der Waals surface area contributed by atoms with Crippen molar-refractivity contribution in [1.29, 1.82) is 0 Å². The highest BCUT2D eigenvalue weighted by Gasteiger charge is 2.20. The van der Waals surface area contributed by atoms with Crippen molar-refractivity contribution >= 4 is 6.03 Å². The molecule has 0 aromatic carbocycles. The molecule has 1 fully saturated rings. The van der Waals surface area contributed by atoms with Crippen LogP contribution < -0.4 is 5.32 Å². The Bertz CT molecular complexity index is 337. The average molecular weight is 224 g/mol. The van der Waals surface area contributed by atoms with Crippen LogP contribution >= 0.6 is 0 Å². The number of ether oxygens (including phenoxy) is 1. The first-order chi connectivity index (χ1) is 7.75. The third kappa shape index (κ3) is 2.76. The molecule has 88 valence electrons. The Hall–Kier alpha value is -1.49. The molecule has 16 heavy (non-hydrogen) atoms. The SMILES string of the molecule is C[C@@H]1CN(C(=O)NCc2ccoc2)CCO1. The first kappa shape index (κ1) is 11.0. The van der Waals surface area contributed by atoms with E-state index >= 15 is 0 Å². The van der Waals surface area contributed by atoms with Crippen molar-refractivity contribution < 1.29 is 13.9 Å². The third-order valence-electron chi connectivity index (χ3n) is 2.55. The highest BCUT2D eigenvalue weighted by atomic mass is 16.5. The summed E-state index contributed by atoms with van der Waals surface area (Å²) in [5.41, 5.74) is 0.967. The minimum Gasteiger partial charge on any atom is -0.472 e. The zero-order chi connectivity index (χ0) is 11.4. The maximum Gasteiger partial charge on any atom is 0.317 e. The van der Waals surface area contributed by atoms with E-state index in [1.807, 2.05) is 13.0 Å². The Labute approximate surface area is 94.4 Å². The van der Waals surface area contributed by atoms with Crippen LogP contribution in [-0.4, -0.2) is 36.7 Å². The molecule has 0 aliphatic carbocycles. The third-order valence-corrected chi connectivity index (χ3v) is 2.55. The van der Waals surface area contributed by atoms with Crippen molar-refractivity contribution in [2.75, 3.05) is 19.7 Å². The van der Waals surface area contributed by atoms with Gasteiger partial charge in [0, 0.05) is 25.2 Å². The summed E-state index contributed by atoms with van der Waals surface area (Å²) in [4.78, 5) is 13.5. The number of nitrogens with zero attached hydrogens (tertiary/aromatic N) is 1. The van der Waals surface area contributed by atoms with Gasteiger partial charge in [-0.15, -0.1) is 0 Å². The highest BCUT2D eigenvalue weighted by molar-refractivity contribution is 5.74. The van der Waals surface area contributed by atoms with E-state index in [0.717, 1.165) is 5.56 Å². The van der Waals surface area contributed by atoms with Crippen LogP contribution in [0, 0.1) is 0 Å². The maximum atomic E-state index is 11.8. The summed E-state index contributed by atoms with van der Waals surface area (Å²) in [5.74, 6) is 0. The van der Waals surface area contributed by atoms with Crippen molar-refractivity contribution in [3.63, 3.8) is 0 Å². The van der Waals surface area contributed by atoms with Crippen molar-refractivity contribution in [3.8, 4) is 0 Å². The molecule has 2 amide bonds. The van der Waals surface area contributed by atoms with Gasteiger partial charge in [-0.2, -0.15) is 0 Å². The molecule has 1 aliphatic rings. The van der Waals surface area contributed by atoms with Crippen molar-refractivity contribution in [2.45, 2.75) is 19.6 Å². The minimum absolute atomic E-state index is 0.0450. The largest absolute Gasteiger partial charge is 0.472 e. The molecule has 5 heteroatoms. The van der Waals surface area contributed by atoms with Crippen LogP contribution in [0.3, 0.4) is 0 Å². The molecule has 1 atom stereocenters. The molecule has 0 radical (unpaired) electrons. The Balaban J connectivity index is 1.79. The summed E-state index contributed by atoms with van der Waals surface area (Å²) < 4.78 is 10.3. The number of urea groups is 1. The molecule has 1 N–H and O–H groups in total. The predicted molar refractivity (Wildman–Crippen MR) is 57.9 cm³/mol. The number of hydrogen-bond acceptors (Lipinski definition) is 3. The molecule has 0 saturated carbocycles. The van der Waals surface area contributed by atoms with E-state index in [0.29, 0.717) is 26.2 Å². The summed E-state index contributed by atoms with van der Waals surface area (Å²) in [6.07, 6.45) is 3.34. The number of morpholine rings is 1. The van der Waals surface area contributed by atoms with Crippen LogP contribution in [0.5, 0.6) is 0 Å². The van der Waals surface area contributed by atoms with Gasteiger partial charge in [0.1, 0.15) is 0 Å². The normalized spacial score (nSPS) is 20.8. The second kappa shape index (κ2) is 5.03.